The standard InChI is InChI=1S/C28H33ClF2N4O4S2/c1-18(20-12-19(8-9-22(20)30)15-34-10-6-5-7-11-34)33-24-14-23(31)25(13-21(24)29)41(37,38)35(26-16-40-17-32-26)27(36)39-28(2,3)4/h8-9,12-14,16-18,33H,5-7,10-11,15H2,1-4H3/t18-/m0/s1. The van der Waals surface area contributed by atoms with Gasteiger partial charge in [-0.2, -0.15) is 0 Å². The summed E-state index contributed by atoms with van der Waals surface area (Å²) in [6.45, 7) is 9.12. The Balaban J connectivity index is 1.60. The van der Waals surface area contributed by atoms with E-state index in [1.807, 2.05) is 0 Å². The third kappa shape index (κ3) is 7.54. The van der Waals surface area contributed by atoms with Crippen LogP contribution in [0, 0.1) is 11.6 Å². The highest BCUT2D eigenvalue weighted by atomic mass is 35.5. The highest BCUT2D eigenvalue weighted by molar-refractivity contribution is 7.93. The smallest absolute Gasteiger partial charge is 0.430 e. The number of nitrogens with one attached hydrogen (secondary N) is 1. The molecule has 1 amide bonds. The lowest BCUT2D eigenvalue weighted by atomic mass is 10.0. The number of hydrogen-bond donors (Lipinski definition) is 1. The third-order valence-corrected chi connectivity index (χ3v) is 9.05. The number of halogens is 3. The van der Waals surface area contributed by atoms with Crippen molar-refractivity contribution < 1.29 is 26.7 Å². The Bertz CT molecular complexity index is 1490. The van der Waals surface area contributed by atoms with E-state index < -0.39 is 44.3 Å². The van der Waals surface area contributed by atoms with Gasteiger partial charge in [-0.15, -0.1) is 15.6 Å². The van der Waals surface area contributed by atoms with Crippen LogP contribution >= 0.6 is 22.9 Å². The van der Waals surface area contributed by atoms with Gasteiger partial charge in [-0.3, -0.25) is 4.90 Å². The number of rotatable bonds is 8. The van der Waals surface area contributed by atoms with E-state index in [0.29, 0.717) is 16.4 Å². The largest absolute Gasteiger partial charge is 0.443 e. The Hall–Kier alpha value is -2.80. The van der Waals surface area contributed by atoms with Gasteiger partial charge in [-0.25, -0.2) is 27.0 Å². The molecular formula is C28H33ClF2N4O4S2. The molecule has 3 aromatic rings. The molecule has 2 aromatic carbocycles. The molecule has 1 aliphatic heterocycles. The first-order chi connectivity index (χ1) is 19.3. The fourth-order valence-electron chi connectivity index (χ4n) is 4.57. The molecule has 0 unspecified atom stereocenters. The summed E-state index contributed by atoms with van der Waals surface area (Å²) in [5, 5.41) is 4.18. The second-order valence-corrected chi connectivity index (χ2v) is 13.8. The van der Waals surface area contributed by atoms with Crippen LogP contribution in [0.4, 0.5) is 25.1 Å². The van der Waals surface area contributed by atoms with E-state index in [-0.39, 0.29) is 16.5 Å². The van der Waals surface area contributed by atoms with Gasteiger partial charge in [-0.1, -0.05) is 24.1 Å². The van der Waals surface area contributed by atoms with Crippen molar-refractivity contribution in [3.8, 4) is 0 Å². The second kappa shape index (κ2) is 12.6. The molecule has 0 saturated carbocycles. The lowest BCUT2D eigenvalue weighted by Gasteiger charge is -2.27. The predicted molar refractivity (Wildman–Crippen MR) is 157 cm³/mol. The number of ether oxygens (including phenoxy) is 1. The van der Waals surface area contributed by atoms with Gasteiger partial charge in [0.15, 0.2) is 5.82 Å². The summed E-state index contributed by atoms with van der Waals surface area (Å²) in [6.07, 6.45) is 2.25. The molecule has 13 heteroatoms. The maximum absolute atomic E-state index is 15.4. The molecule has 1 saturated heterocycles. The van der Waals surface area contributed by atoms with E-state index in [4.69, 9.17) is 16.3 Å². The molecule has 1 atom stereocenters. The molecule has 8 nitrogen and oxygen atoms in total. The van der Waals surface area contributed by atoms with Gasteiger partial charge in [0.05, 0.1) is 22.3 Å². The zero-order valence-electron chi connectivity index (χ0n) is 23.3. The van der Waals surface area contributed by atoms with Crippen LogP contribution in [0.1, 0.15) is 64.1 Å². The number of likely N-dealkylation sites (tertiary alicyclic amines) is 1. The molecule has 0 bridgehead atoms. The van der Waals surface area contributed by atoms with Crippen molar-refractivity contribution in [2.75, 3.05) is 22.7 Å². The van der Waals surface area contributed by atoms with Gasteiger partial charge < -0.3 is 10.1 Å². The number of hydrogen-bond acceptors (Lipinski definition) is 8. The topological polar surface area (TPSA) is 91.8 Å². The Kier molecular flexibility index (Phi) is 9.57. The highest BCUT2D eigenvalue weighted by Gasteiger charge is 2.38. The van der Waals surface area contributed by atoms with E-state index >= 15 is 4.39 Å². The second-order valence-electron chi connectivity index (χ2n) is 10.9. The first-order valence-electron chi connectivity index (χ1n) is 13.2. The Morgan fingerprint density at radius 1 is 1.17 bits per heavy atom. The van der Waals surface area contributed by atoms with Crippen molar-refractivity contribution in [2.45, 2.75) is 70.0 Å². The maximum Gasteiger partial charge on any atom is 0.430 e. The number of benzene rings is 2. The van der Waals surface area contributed by atoms with Crippen molar-refractivity contribution in [3.63, 3.8) is 0 Å². The van der Waals surface area contributed by atoms with Crippen molar-refractivity contribution in [1.82, 2.24) is 9.88 Å². The van der Waals surface area contributed by atoms with Gasteiger partial charge in [0.25, 0.3) is 10.0 Å². The van der Waals surface area contributed by atoms with Crippen LogP contribution in [0.5, 0.6) is 0 Å². The number of piperidine rings is 1. The quantitative estimate of drug-likeness (QED) is 0.279. The van der Waals surface area contributed by atoms with Gasteiger partial charge in [0.2, 0.25) is 0 Å². The van der Waals surface area contributed by atoms with Crippen molar-refractivity contribution in [1.29, 1.82) is 0 Å². The molecular weight excluding hydrogens is 594 g/mol. The zero-order chi connectivity index (χ0) is 29.9. The molecule has 222 valence electrons. The molecule has 2 heterocycles. The summed E-state index contributed by atoms with van der Waals surface area (Å²) in [5.41, 5.74) is 1.70. The summed E-state index contributed by atoms with van der Waals surface area (Å²) in [4.78, 5) is 18.3. The van der Waals surface area contributed by atoms with Crippen LogP contribution in [0.2, 0.25) is 5.02 Å². The molecule has 0 radical (unpaired) electrons. The molecule has 0 spiro atoms. The number of amides is 1. The molecule has 41 heavy (non-hydrogen) atoms. The summed E-state index contributed by atoms with van der Waals surface area (Å²) in [7, 11) is -4.82. The minimum Gasteiger partial charge on any atom is -0.443 e. The number of sulfonamides is 1. The number of nitrogens with zero attached hydrogens (tertiary/aromatic N) is 3. The molecule has 1 fully saturated rings. The van der Waals surface area contributed by atoms with Gasteiger partial charge >= 0.3 is 6.09 Å². The summed E-state index contributed by atoms with van der Waals surface area (Å²) < 4.78 is 62.9. The van der Waals surface area contributed by atoms with E-state index in [9.17, 15) is 17.6 Å². The molecule has 0 aliphatic carbocycles. The van der Waals surface area contributed by atoms with Crippen LogP contribution in [0.15, 0.2) is 46.1 Å². The first kappa shape index (κ1) is 31.1. The average Bonchev–Trinajstić information content (AvgIpc) is 3.40. The summed E-state index contributed by atoms with van der Waals surface area (Å²) in [6, 6.07) is 6.14. The van der Waals surface area contributed by atoms with Gasteiger partial charge in [0.1, 0.15) is 22.1 Å². The number of aromatic nitrogens is 1. The monoisotopic (exact) mass is 626 g/mol. The van der Waals surface area contributed by atoms with E-state index in [0.717, 1.165) is 55.0 Å². The fourth-order valence-corrected chi connectivity index (χ4v) is 6.79. The van der Waals surface area contributed by atoms with Crippen LogP contribution in [0.3, 0.4) is 0 Å². The number of anilines is 2. The lowest BCUT2D eigenvalue weighted by Crippen LogP contribution is -2.41. The number of carbonyl (C=O) groups is 1. The summed E-state index contributed by atoms with van der Waals surface area (Å²) in [5.74, 6) is -1.83. The first-order valence-corrected chi connectivity index (χ1v) is 15.9. The van der Waals surface area contributed by atoms with Crippen molar-refractivity contribution >= 4 is 50.6 Å². The third-order valence-electron chi connectivity index (χ3n) is 6.48. The SMILES string of the molecule is C[C@H](Nc1cc(F)c(S(=O)(=O)N(C(=O)OC(C)(C)C)c2cscn2)cc1Cl)c1cc(CN2CCCCC2)ccc1F. The Labute approximate surface area is 248 Å². The highest BCUT2D eigenvalue weighted by Crippen LogP contribution is 2.34. The minimum absolute atomic E-state index is 0.0638. The lowest BCUT2D eigenvalue weighted by molar-refractivity contribution is 0.0608. The van der Waals surface area contributed by atoms with Crippen LogP contribution in [-0.2, 0) is 21.3 Å². The fraction of sp³-hybridized carbons (Fsp3) is 0.429. The molecule has 1 N–H and O–H groups in total. The van der Waals surface area contributed by atoms with Crippen molar-refractivity contribution in [2.24, 2.45) is 0 Å². The normalized spacial score (nSPS) is 15.4. The number of carbonyl (C=O) groups excluding carboxylic acids is 1. The van der Waals surface area contributed by atoms with Gasteiger partial charge in [-0.05, 0) is 83.5 Å². The average molecular weight is 627 g/mol. The van der Waals surface area contributed by atoms with Crippen LogP contribution < -0.4 is 9.62 Å². The van der Waals surface area contributed by atoms with Crippen LogP contribution in [-0.4, -0.2) is 43.1 Å². The summed E-state index contributed by atoms with van der Waals surface area (Å²) >= 11 is 7.46. The van der Waals surface area contributed by atoms with E-state index in [1.54, 1.807) is 39.8 Å². The van der Waals surface area contributed by atoms with Gasteiger partial charge in [0, 0.05) is 17.5 Å². The molecule has 1 aromatic heterocycles. The molecule has 4 rings (SSSR count). The Morgan fingerprint density at radius 2 is 1.88 bits per heavy atom. The predicted octanol–water partition coefficient (Wildman–Crippen LogP) is 7.36. The zero-order valence-corrected chi connectivity index (χ0v) is 25.7. The van der Waals surface area contributed by atoms with E-state index in [2.05, 4.69) is 15.2 Å². The maximum atomic E-state index is 15.4. The number of thiazole rings is 1. The van der Waals surface area contributed by atoms with E-state index in [1.165, 1.54) is 23.4 Å². The van der Waals surface area contributed by atoms with Crippen molar-refractivity contribution in [3.05, 3.63) is 69.0 Å². The Morgan fingerprint density at radius 3 is 2.51 bits per heavy atom. The molecule has 1 aliphatic rings. The minimum atomic E-state index is -4.82. The van der Waals surface area contributed by atoms with Crippen LogP contribution in [0.25, 0.3) is 0 Å².